The number of rotatable bonds is 4. The number of hydrogen-bond acceptors (Lipinski definition) is 5. The summed E-state index contributed by atoms with van der Waals surface area (Å²) in [5, 5.41) is 3.48. The van der Waals surface area contributed by atoms with Gasteiger partial charge in [-0.3, -0.25) is 0 Å². The van der Waals surface area contributed by atoms with E-state index in [1.807, 2.05) is 25.1 Å². The zero-order valence-electron chi connectivity index (χ0n) is 17.1. The minimum Gasteiger partial charge on any atom is -0.368 e. The number of nitrogens with one attached hydrogen (secondary N) is 1. The fraction of sp³-hybridized carbons (Fsp3) is 0.304. The number of aryl methyl sites for hydroxylation is 3. The molecule has 1 aliphatic heterocycles. The normalized spacial score (nSPS) is 14.2. The fourth-order valence-electron chi connectivity index (χ4n) is 3.76. The molecule has 0 bridgehead atoms. The second-order valence-corrected chi connectivity index (χ2v) is 7.50. The van der Waals surface area contributed by atoms with E-state index in [0.29, 0.717) is 0 Å². The van der Waals surface area contributed by atoms with Gasteiger partial charge in [0.05, 0.1) is 0 Å². The van der Waals surface area contributed by atoms with E-state index in [1.165, 1.54) is 23.3 Å². The molecule has 2 aromatic carbocycles. The highest BCUT2D eigenvalue weighted by atomic mass is 19.1. The smallest absolute Gasteiger partial charge is 0.136 e. The Labute approximate surface area is 171 Å². The second-order valence-electron chi connectivity index (χ2n) is 7.50. The zero-order valence-corrected chi connectivity index (χ0v) is 17.1. The van der Waals surface area contributed by atoms with E-state index < -0.39 is 0 Å². The lowest BCUT2D eigenvalue weighted by Crippen LogP contribution is -2.46. The highest BCUT2D eigenvalue weighted by Crippen LogP contribution is 2.26. The van der Waals surface area contributed by atoms with E-state index in [4.69, 9.17) is 0 Å². The standard InChI is InChI=1S/C23H26FN5/c1-16-5-4-6-17(2)23(16)27-21-15-22(26-18(3)25-21)29-13-11-28(12-14-29)20-9-7-19(24)8-10-20/h4-10,15H,11-14H2,1-3H3,(H,25,26,27). The summed E-state index contributed by atoms with van der Waals surface area (Å²) in [4.78, 5) is 13.8. The Hall–Kier alpha value is -3.15. The van der Waals surface area contributed by atoms with Gasteiger partial charge in [-0.2, -0.15) is 0 Å². The minimum absolute atomic E-state index is 0.201. The molecule has 0 aliphatic carbocycles. The molecular formula is C23H26FN5. The lowest BCUT2D eigenvalue weighted by atomic mass is 10.1. The molecule has 150 valence electrons. The molecule has 6 heteroatoms. The van der Waals surface area contributed by atoms with Gasteiger partial charge in [0.25, 0.3) is 0 Å². The van der Waals surface area contributed by atoms with E-state index in [9.17, 15) is 4.39 Å². The average molecular weight is 391 g/mol. The van der Waals surface area contributed by atoms with Crippen LogP contribution in [-0.2, 0) is 0 Å². The Morgan fingerprint density at radius 2 is 1.45 bits per heavy atom. The third kappa shape index (κ3) is 4.31. The zero-order chi connectivity index (χ0) is 20.4. The molecule has 1 aromatic heterocycles. The number of aromatic nitrogens is 2. The van der Waals surface area contributed by atoms with Gasteiger partial charge in [0, 0.05) is 43.6 Å². The first-order valence-corrected chi connectivity index (χ1v) is 9.94. The maximum Gasteiger partial charge on any atom is 0.136 e. The van der Waals surface area contributed by atoms with Crippen LogP contribution in [0.3, 0.4) is 0 Å². The molecule has 1 N–H and O–H groups in total. The van der Waals surface area contributed by atoms with Crippen molar-refractivity contribution < 1.29 is 4.39 Å². The second kappa shape index (κ2) is 8.07. The summed E-state index contributed by atoms with van der Waals surface area (Å²) < 4.78 is 13.2. The average Bonchev–Trinajstić information content (AvgIpc) is 2.71. The predicted octanol–water partition coefficient (Wildman–Crippen LogP) is 4.61. The lowest BCUT2D eigenvalue weighted by molar-refractivity contribution is 0.624. The highest BCUT2D eigenvalue weighted by Gasteiger charge is 2.19. The van der Waals surface area contributed by atoms with Gasteiger partial charge < -0.3 is 15.1 Å². The first-order chi connectivity index (χ1) is 14.0. The van der Waals surface area contributed by atoms with E-state index in [-0.39, 0.29) is 5.82 Å². The third-order valence-corrected chi connectivity index (χ3v) is 5.35. The molecule has 0 radical (unpaired) electrons. The van der Waals surface area contributed by atoms with Gasteiger partial charge in [0.15, 0.2) is 0 Å². The lowest BCUT2D eigenvalue weighted by Gasteiger charge is -2.36. The molecular weight excluding hydrogens is 365 g/mol. The molecule has 1 saturated heterocycles. The first-order valence-electron chi connectivity index (χ1n) is 9.94. The minimum atomic E-state index is -0.201. The Morgan fingerprint density at radius 3 is 2.10 bits per heavy atom. The Bertz CT molecular complexity index is 974. The molecule has 0 unspecified atom stereocenters. The van der Waals surface area contributed by atoms with Crippen molar-refractivity contribution in [2.24, 2.45) is 0 Å². The molecule has 0 atom stereocenters. The van der Waals surface area contributed by atoms with Gasteiger partial charge in [-0.05, 0) is 56.2 Å². The van der Waals surface area contributed by atoms with Gasteiger partial charge in [0.2, 0.25) is 0 Å². The first kappa shape index (κ1) is 19.2. The topological polar surface area (TPSA) is 44.3 Å². The summed E-state index contributed by atoms with van der Waals surface area (Å²) in [5.41, 5.74) is 4.53. The van der Waals surface area contributed by atoms with Crippen molar-refractivity contribution in [2.45, 2.75) is 20.8 Å². The van der Waals surface area contributed by atoms with Gasteiger partial charge in [0.1, 0.15) is 23.3 Å². The van der Waals surface area contributed by atoms with Crippen LogP contribution >= 0.6 is 0 Å². The van der Waals surface area contributed by atoms with E-state index >= 15 is 0 Å². The van der Waals surface area contributed by atoms with E-state index in [0.717, 1.165) is 55.0 Å². The summed E-state index contributed by atoms with van der Waals surface area (Å²) in [5.74, 6) is 2.29. The number of nitrogens with zero attached hydrogens (tertiary/aromatic N) is 4. The van der Waals surface area contributed by atoms with Gasteiger partial charge in [-0.15, -0.1) is 0 Å². The van der Waals surface area contributed by atoms with Crippen LogP contribution in [0.4, 0.5) is 27.4 Å². The molecule has 4 rings (SSSR count). The SMILES string of the molecule is Cc1nc(Nc2c(C)cccc2C)cc(N2CCN(c3ccc(F)cc3)CC2)n1. The van der Waals surface area contributed by atoms with Crippen LogP contribution in [-0.4, -0.2) is 36.1 Å². The quantitative estimate of drug-likeness (QED) is 0.704. The molecule has 3 aromatic rings. The molecule has 1 aliphatic rings. The van der Waals surface area contributed by atoms with Crippen molar-refractivity contribution in [1.29, 1.82) is 0 Å². The number of benzene rings is 2. The Morgan fingerprint density at radius 1 is 0.828 bits per heavy atom. The van der Waals surface area contributed by atoms with Gasteiger partial charge >= 0.3 is 0 Å². The summed E-state index contributed by atoms with van der Waals surface area (Å²) in [6.45, 7) is 9.57. The van der Waals surface area contributed by atoms with Crippen LogP contribution in [0.5, 0.6) is 0 Å². The van der Waals surface area contributed by atoms with Gasteiger partial charge in [-0.25, -0.2) is 14.4 Å². The van der Waals surface area contributed by atoms with Crippen molar-refractivity contribution >= 4 is 23.0 Å². The van der Waals surface area contributed by atoms with Crippen molar-refractivity contribution in [3.63, 3.8) is 0 Å². The maximum absolute atomic E-state index is 13.2. The summed E-state index contributed by atoms with van der Waals surface area (Å²) in [6, 6.07) is 15.0. The molecule has 2 heterocycles. The number of halogens is 1. The summed E-state index contributed by atoms with van der Waals surface area (Å²) in [7, 11) is 0. The number of para-hydroxylation sites is 1. The largest absolute Gasteiger partial charge is 0.368 e. The van der Waals surface area contributed by atoms with E-state index in [1.54, 1.807) is 0 Å². The Kier molecular flexibility index (Phi) is 5.34. The summed E-state index contributed by atoms with van der Waals surface area (Å²) in [6.07, 6.45) is 0. The van der Waals surface area contributed by atoms with Crippen LogP contribution in [0.15, 0.2) is 48.5 Å². The van der Waals surface area contributed by atoms with Crippen molar-refractivity contribution in [3.8, 4) is 0 Å². The maximum atomic E-state index is 13.2. The van der Waals surface area contributed by atoms with Crippen LogP contribution < -0.4 is 15.1 Å². The molecule has 0 saturated carbocycles. The monoisotopic (exact) mass is 391 g/mol. The van der Waals surface area contributed by atoms with E-state index in [2.05, 4.69) is 57.1 Å². The van der Waals surface area contributed by atoms with Crippen LogP contribution in [0.2, 0.25) is 0 Å². The fourth-order valence-corrected chi connectivity index (χ4v) is 3.76. The highest BCUT2D eigenvalue weighted by molar-refractivity contribution is 5.66. The van der Waals surface area contributed by atoms with Gasteiger partial charge in [-0.1, -0.05) is 18.2 Å². The molecule has 5 nitrogen and oxygen atoms in total. The van der Waals surface area contributed by atoms with Crippen LogP contribution in [0.25, 0.3) is 0 Å². The van der Waals surface area contributed by atoms with Crippen molar-refractivity contribution in [3.05, 3.63) is 71.3 Å². The number of anilines is 4. The van der Waals surface area contributed by atoms with Crippen LogP contribution in [0, 0.1) is 26.6 Å². The summed E-state index contributed by atoms with van der Waals surface area (Å²) >= 11 is 0. The van der Waals surface area contributed by atoms with Crippen molar-refractivity contribution in [2.75, 3.05) is 41.3 Å². The van der Waals surface area contributed by atoms with Crippen LogP contribution in [0.1, 0.15) is 17.0 Å². The van der Waals surface area contributed by atoms with Crippen molar-refractivity contribution in [1.82, 2.24) is 9.97 Å². The third-order valence-electron chi connectivity index (χ3n) is 5.35. The molecule has 0 amide bonds. The number of piperazine rings is 1. The molecule has 1 fully saturated rings. The molecule has 29 heavy (non-hydrogen) atoms. The predicted molar refractivity (Wildman–Crippen MR) is 117 cm³/mol. The number of hydrogen-bond donors (Lipinski definition) is 1. The molecule has 0 spiro atoms. The Balaban J connectivity index is 1.49.